The van der Waals surface area contributed by atoms with Gasteiger partial charge in [-0.3, -0.25) is 4.79 Å². The average molecular weight is 262 g/mol. The summed E-state index contributed by atoms with van der Waals surface area (Å²) in [4.78, 5) is 15.3. The van der Waals surface area contributed by atoms with Crippen LogP contribution in [0.15, 0.2) is 42.6 Å². The predicted molar refractivity (Wildman–Crippen MR) is 66.5 cm³/mol. The van der Waals surface area contributed by atoms with Gasteiger partial charge >= 0.3 is 0 Å². The van der Waals surface area contributed by atoms with E-state index in [1.165, 1.54) is 18.2 Å². The van der Waals surface area contributed by atoms with E-state index >= 15 is 0 Å². The van der Waals surface area contributed by atoms with Crippen molar-refractivity contribution in [2.24, 2.45) is 0 Å². The summed E-state index contributed by atoms with van der Waals surface area (Å²) in [5, 5.41) is 2.69. The molecule has 3 nitrogen and oxygen atoms in total. The van der Waals surface area contributed by atoms with Crippen molar-refractivity contribution in [3.05, 3.63) is 65.5 Å². The Morgan fingerprint density at radius 1 is 1.26 bits per heavy atom. The third-order valence-corrected chi connectivity index (χ3v) is 2.69. The second kappa shape index (κ2) is 5.56. The van der Waals surface area contributed by atoms with Crippen molar-refractivity contribution in [1.29, 1.82) is 0 Å². The highest BCUT2D eigenvalue weighted by atomic mass is 19.1. The van der Waals surface area contributed by atoms with Gasteiger partial charge in [-0.1, -0.05) is 12.1 Å². The number of benzene rings is 1. The van der Waals surface area contributed by atoms with Crippen molar-refractivity contribution in [2.75, 3.05) is 0 Å². The van der Waals surface area contributed by atoms with Gasteiger partial charge in [0, 0.05) is 6.20 Å². The molecule has 19 heavy (non-hydrogen) atoms. The van der Waals surface area contributed by atoms with E-state index in [1.54, 1.807) is 19.1 Å². The smallest absolute Gasteiger partial charge is 0.253 e. The molecule has 2 rings (SSSR count). The lowest BCUT2D eigenvalue weighted by molar-refractivity contribution is 0.0939. The predicted octanol–water partition coefficient (Wildman–Crippen LogP) is 2.85. The Morgan fingerprint density at radius 3 is 2.68 bits per heavy atom. The number of aromatic nitrogens is 1. The lowest BCUT2D eigenvalue weighted by Gasteiger charge is -2.14. The molecule has 5 heteroatoms. The number of hydrogen-bond donors (Lipinski definition) is 1. The lowest BCUT2D eigenvalue weighted by atomic mass is 10.1. The molecule has 2 aromatic rings. The molecule has 0 aliphatic carbocycles. The molecule has 1 heterocycles. The number of halogens is 2. The topological polar surface area (TPSA) is 42.0 Å². The molecule has 0 bridgehead atoms. The molecule has 0 saturated carbocycles. The van der Waals surface area contributed by atoms with E-state index in [2.05, 4.69) is 10.3 Å². The van der Waals surface area contributed by atoms with Gasteiger partial charge in [-0.25, -0.2) is 9.37 Å². The molecule has 0 aliphatic heterocycles. The van der Waals surface area contributed by atoms with Crippen molar-refractivity contribution in [3.63, 3.8) is 0 Å². The summed E-state index contributed by atoms with van der Waals surface area (Å²) in [5.41, 5.74) is 0.910. The second-order valence-corrected chi connectivity index (χ2v) is 4.12. The number of nitrogens with zero attached hydrogens (tertiary/aromatic N) is 1. The molecular weight excluding hydrogens is 250 g/mol. The van der Waals surface area contributed by atoms with Crippen LogP contribution in [-0.4, -0.2) is 10.9 Å². The summed E-state index contributed by atoms with van der Waals surface area (Å²) in [7, 11) is 0. The van der Waals surface area contributed by atoms with Crippen LogP contribution in [0.25, 0.3) is 0 Å². The first-order valence-electron chi connectivity index (χ1n) is 5.74. The van der Waals surface area contributed by atoms with Gasteiger partial charge in [0.15, 0.2) is 0 Å². The number of carbonyl (C=O) groups is 1. The van der Waals surface area contributed by atoms with Crippen LogP contribution in [0.3, 0.4) is 0 Å². The molecule has 0 radical (unpaired) electrons. The maximum absolute atomic E-state index is 13.1. The van der Waals surface area contributed by atoms with Crippen LogP contribution in [-0.2, 0) is 0 Å². The second-order valence-electron chi connectivity index (χ2n) is 4.12. The Kier molecular flexibility index (Phi) is 3.85. The summed E-state index contributed by atoms with van der Waals surface area (Å²) >= 11 is 0. The quantitative estimate of drug-likeness (QED) is 0.864. The summed E-state index contributed by atoms with van der Waals surface area (Å²) in [6.45, 7) is 1.74. The van der Waals surface area contributed by atoms with Gasteiger partial charge in [-0.2, -0.15) is 4.39 Å². The highest BCUT2D eigenvalue weighted by Gasteiger charge is 2.12. The molecule has 98 valence electrons. The van der Waals surface area contributed by atoms with Crippen LogP contribution in [0.2, 0.25) is 0 Å². The van der Waals surface area contributed by atoms with E-state index in [0.29, 0.717) is 5.56 Å². The maximum Gasteiger partial charge on any atom is 0.253 e. The van der Waals surface area contributed by atoms with Gasteiger partial charge in [0.2, 0.25) is 5.95 Å². The largest absolute Gasteiger partial charge is 0.345 e. The van der Waals surface area contributed by atoms with Gasteiger partial charge in [0.1, 0.15) is 5.82 Å². The van der Waals surface area contributed by atoms with Crippen LogP contribution in [0, 0.1) is 11.8 Å². The minimum Gasteiger partial charge on any atom is -0.345 e. The molecule has 1 unspecified atom stereocenters. The lowest BCUT2D eigenvalue weighted by Crippen LogP contribution is -2.26. The highest BCUT2D eigenvalue weighted by molar-refractivity contribution is 5.94. The number of hydrogen-bond acceptors (Lipinski definition) is 2. The highest BCUT2D eigenvalue weighted by Crippen LogP contribution is 2.14. The molecule has 0 saturated heterocycles. The van der Waals surface area contributed by atoms with Crippen molar-refractivity contribution in [2.45, 2.75) is 13.0 Å². The van der Waals surface area contributed by atoms with E-state index in [-0.39, 0.29) is 23.3 Å². The van der Waals surface area contributed by atoms with Gasteiger partial charge in [0.05, 0.1) is 11.6 Å². The Morgan fingerprint density at radius 2 is 2.05 bits per heavy atom. The number of carbonyl (C=O) groups excluding carboxylic acids is 1. The summed E-state index contributed by atoms with van der Waals surface area (Å²) in [5.74, 6) is -1.39. The molecule has 0 aliphatic rings. The van der Waals surface area contributed by atoms with E-state index in [0.717, 1.165) is 12.3 Å². The van der Waals surface area contributed by atoms with Crippen LogP contribution in [0.5, 0.6) is 0 Å². The van der Waals surface area contributed by atoms with Gasteiger partial charge in [-0.15, -0.1) is 0 Å². The Hall–Kier alpha value is -2.30. The van der Waals surface area contributed by atoms with Gasteiger partial charge < -0.3 is 5.32 Å². The zero-order chi connectivity index (χ0) is 13.8. The van der Waals surface area contributed by atoms with E-state index < -0.39 is 5.95 Å². The van der Waals surface area contributed by atoms with Gasteiger partial charge in [0.25, 0.3) is 5.91 Å². The molecule has 0 fully saturated rings. The summed E-state index contributed by atoms with van der Waals surface area (Å²) in [6.07, 6.45) is 1.16. The summed E-state index contributed by atoms with van der Waals surface area (Å²) < 4.78 is 25.7. The van der Waals surface area contributed by atoms with Crippen molar-refractivity contribution in [1.82, 2.24) is 10.3 Å². The summed E-state index contributed by atoms with van der Waals surface area (Å²) in [6, 6.07) is 8.09. The number of nitrogens with one attached hydrogen (secondary N) is 1. The fourth-order valence-corrected chi connectivity index (χ4v) is 1.65. The van der Waals surface area contributed by atoms with Gasteiger partial charge in [-0.05, 0) is 36.8 Å². The Balaban J connectivity index is 2.08. The first-order valence-corrected chi connectivity index (χ1v) is 5.74. The first kappa shape index (κ1) is 13.1. The third kappa shape index (κ3) is 3.34. The van der Waals surface area contributed by atoms with Crippen LogP contribution in [0.4, 0.5) is 8.78 Å². The van der Waals surface area contributed by atoms with Crippen molar-refractivity contribution >= 4 is 5.91 Å². The van der Waals surface area contributed by atoms with Crippen LogP contribution < -0.4 is 5.32 Å². The molecule has 1 atom stereocenters. The van der Waals surface area contributed by atoms with Crippen LogP contribution in [0.1, 0.15) is 28.9 Å². The fraction of sp³-hybridized carbons (Fsp3) is 0.143. The molecular formula is C14H12F2N2O. The minimum atomic E-state index is -0.644. The third-order valence-electron chi connectivity index (χ3n) is 2.69. The zero-order valence-corrected chi connectivity index (χ0v) is 10.2. The van der Waals surface area contributed by atoms with Crippen molar-refractivity contribution in [3.8, 4) is 0 Å². The van der Waals surface area contributed by atoms with Crippen LogP contribution >= 0.6 is 0 Å². The van der Waals surface area contributed by atoms with E-state index in [9.17, 15) is 13.6 Å². The number of rotatable bonds is 3. The Labute approximate surface area is 109 Å². The molecule has 1 N–H and O–H groups in total. The van der Waals surface area contributed by atoms with E-state index in [1.807, 2.05) is 0 Å². The van der Waals surface area contributed by atoms with Crippen molar-refractivity contribution < 1.29 is 13.6 Å². The minimum absolute atomic E-state index is 0.254. The molecule has 1 aromatic carbocycles. The molecule has 1 aromatic heterocycles. The first-order chi connectivity index (χ1) is 9.06. The molecule has 1 amide bonds. The maximum atomic E-state index is 13.1. The number of pyridine rings is 1. The van der Waals surface area contributed by atoms with E-state index in [4.69, 9.17) is 0 Å². The number of amides is 1. The Bertz CT molecular complexity index is 584. The average Bonchev–Trinajstić information content (AvgIpc) is 2.39. The molecule has 0 spiro atoms. The zero-order valence-electron chi connectivity index (χ0n) is 10.2. The fourth-order valence-electron chi connectivity index (χ4n) is 1.65. The normalized spacial score (nSPS) is 11.9. The monoisotopic (exact) mass is 262 g/mol. The SMILES string of the molecule is CC(NC(=O)c1ccc(F)nc1)c1cccc(F)c1. The standard InChI is InChI=1S/C14H12F2N2O/c1-9(10-3-2-4-12(15)7-10)18-14(19)11-5-6-13(16)17-8-11/h2-9H,1H3,(H,18,19).